The summed E-state index contributed by atoms with van der Waals surface area (Å²) in [5.74, 6) is -0.162. The van der Waals surface area contributed by atoms with Crippen LogP contribution < -0.4 is 24.8 Å². The summed E-state index contributed by atoms with van der Waals surface area (Å²) in [6.07, 6.45) is 18.8. The van der Waals surface area contributed by atoms with E-state index in [2.05, 4.69) is 147 Å². The molecule has 328 valence electrons. The predicted octanol–water partition coefficient (Wildman–Crippen LogP) is 9.79. The van der Waals surface area contributed by atoms with Crippen molar-refractivity contribution in [1.82, 2.24) is 0 Å². The second kappa shape index (κ2) is 24.1. The maximum atomic E-state index is 14.8. The third kappa shape index (κ3) is 11.9. The summed E-state index contributed by atoms with van der Waals surface area (Å²) >= 11 is 1.08. The zero-order chi connectivity index (χ0) is 44.3. The molecule has 0 N–H and O–H groups in total. The zero-order valence-corrected chi connectivity index (χ0v) is 42.1. The maximum absolute atomic E-state index is 14.8. The standard InChI is InChI=1S/2C24H20F.C13H10.2ClH.Hf/c2*1-2-17-14-19-10-6-7-11-21(23(19)15-17)20-12-13-22(24(25)16-20)18-8-4-3-5-9-18;1-3-7-12(8-4-1)11-13-9-5-2-6-10-13;;;/h2*3-16,21H,2H2,1H3;1-10H;2*1H;/q2*-1;;;;+2/p-2. The van der Waals surface area contributed by atoms with Gasteiger partial charge in [-0.3, -0.25) is 0 Å². The molecule has 0 saturated heterocycles. The fraction of sp³-hybridized carbons (Fsp3) is 0.0984. The Kier molecular flexibility index (Phi) is 18.1. The summed E-state index contributed by atoms with van der Waals surface area (Å²) in [5, 5.41) is 0. The summed E-state index contributed by atoms with van der Waals surface area (Å²) in [7, 11) is 0. The van der Waals surface area contributed by atoms with Gasteiger partial charge in [0, 0.05) is 11.1 Å². The Labute approximate surface area is 416 Å². The average Bonchev–Trinajstić information content (AvgIpc) is 3.83. The SMILES string of the molecule is CCc1cc2c([cH-]1)C=CC=CC2c1ccc(-c2ccccc2)c(F)c1.CCc1cc2c([cH-]1)C=CC=CC2c1ccc(-c2ccccc2)c(F)c1.[Cl-].[Cl-].[Hf+2]=[C](c1ccccc1)c1ccccc1. The summed E-state index contributed by atoms with van der Waals surface area (Å²) in [5.41, 5.74) is 15.5. The average molecular weight is 1070 g/mol. The minimum atomic E-state index is -0.168. The van der Waals surface area contributed by atoms with Crippen LogP contribution in [0.15, 0.2) is 218 Å². The van der Waals surface area contributed by atoms with Gasteiger partial charge in [-0.05, 0) is 59.1 Å². The van der Waals surface area contributed by atoms with Crippen molar-refractivity contribution in [1.29, 1.82) is 0 Å². The molecule has 0 radical (unpaired) electrons. The molecule has 2 atom stereocenters. The number of benzene rings is 6. The van der Waals surface area contributed by atoms with Gasteiger partial charge < -0.3 is 24.8 Å². The summed E-state index contributed by atoms with van der Waals surface area (Å²) in [6.45, 7) is 4.33. The fourth-order valence-electron chi connectivity index (χ4n) is 8.44. The first kappa shape index (κ1) is 49.6. The third-order valence-electron chi connectivity index (χ3n) is 11.9. The van der Waals surface area contributed by atoms with Crippen molar-refractivity contribution < 1.29 is 57.5 Å². The van der Waals surface area contributed by atoms with Crippen molar-refractivity contribution in [2.75, 3.05) is 0 Å². The van der Waals surface area contributed by atoms with Gasteiger partial charge in [-0.25, -0.2) is 8.78 Å². The molecule has 0 aromatic heterocycles. The van der Waals surface area contributed by atoms with Crippen LogP contribution >= 0.6 is 0 Å². The topological polar surface area (TPSA) is 0 Å². The van der Waals surface area contributed by atoms with Gasteiger partial charge in [-0.2, -0.15) is 34.4 Å². The Morgan fingerprint density at radius 3 is 1.18 bits per heavy atom. The van der Waals surface area contributed by atoms with Crippen molar-refractivity contribution in [2.45, 2.75) is 38.5 Å². The first-order chi connectivity index (χ1) is 31.4. The normalized spacial score (nSPS) is 14.1. The molecule has 0 saturated carbocycles. The molecule has 0 amide bonds. The van der Waals surface area contributed by atoms with Crippen LogP contribution in [-0.4, -0.2) is 3.26 Å². The van der Waals surface area contributed by atoms with E-state index in [0.29, 0.717) is 11.1 Å². The van der Waals surface area contributed by atoms with Crippen LogP contribution in [0.4, 0.5) is 8.78 Å². The van der Waals surface area contributed by atoms with Gasteiger partial charge in [0.2, 0.25) is 0 Å². The van der Waals surface area contributed by atoms with Crippen LogP contribution in [0.25, 0.3) is 34.4 Å². The number of hydrogen-bond acceptors (Lipinski definition) is 0. The second-order valence-electron chi connectivity index (χ2n) is 16.0. The van der Waals surface area contributed by atoms with Crippen molar-refractivity contribution in [3.05, 3.63) is 286 Å². The number of aryl methyl sites for hydroxylation is 2. The van der Waals surface area contributed by atoms with Crippen LogP contribution in [0.3, 0.4) is 0 Å². The Hall–Kier alpha value is -5.84. The molecule has 2 aliphatic rings. The molecule has 8 aromatic carbocycles. The van der Waals surface area contributed by atoms with Crippen molar-refractivity contribution in [2.24, 2.45) is 0 Å². The quantitative estimate of drug-likeness (QED) is 0.105. The molecule has 66 heavy (non-hydrogen) atoms. The van der Waals surface area contributed by atoms with E-state index in [1.165, 1.54) is 47.8 Å². The molecule has 5 heteroatoms. The monoisotopic (exact) mass is 1070 g/mol. The second-order valence-corrected chi connectivity index (χ2v) is 17.8. The van der Waals surface area contributed by atoms with Crippen LogP contribution in [-0.2, 0) is 36.7 Å². The van der Waals surface area contributed by atoms with E-state index in [1.807, 2.05) is 84.9 Å². The third-order valence-corrected chi connectivity index (χ3v) is 14.0. The van der Waals surface area contributed by atoms with E-state index in [1.54, 1.807) is 12.1 Å². The number of hydrogen-bond donors (Lipinski definition) is 0. The zero-order valence-electron chi connectivity index (χ0n) is 37.0. The first-order valence-corrected chi connectivity index (χ1v) is 23.9. The predicted molar refractivity (Wildman–Crippen MR) is 263 cm³/mol. The molecule has 10 rings (SSSR count). The van der Waals surface area contributed by atoms with Gasteiger partial charge in [0.05, 0.1) is 0 Å². The molecular formula is C61H50Cl2F2Hf-2. The number of allylic oxidation sites excluding steroid dienone is 6. The summed E-state index contributed by atoms with van der Waals surface area (Å²) < 4.78 is 31.1. The van der Waals surface area contributed by atoms with Crippen molar-refractivity contribution in [3.8, 4) is 22.3 Å². The van der Waals surface area contributed by atoms with Crippen LogP contribution in [0.2, 0.25) is 0 Å². The van der Waals surface area contributed by atoms with Gasteiger partial charge in [0.25, 0.3) is 0 Å². The summed E-state index contributed by atoms with van der Waals surface area (Å²) in [4.78, 5) is 0. The van der Waals surface area contributed by atoms with Gasteiger partial charge >= 0.3 is 98.9 Å². The van der Waals surface area contributed by atoms with E-state index in [9.17, 15) is 8.78 Å². The molecular weight excluding hydrogens is 1020 g/mol. The molecule has 2 unspecified atom stereocenters. The first-order valence-electron chi connectivity index (χ1n) is 22.1. The molecule has 0 spiro atoms. The minimum absolute atomic E-state index is 0. The van der Waals surface area contributed by atoms with Crippen molar-refractivity contribution in [3.63, 3.8) is 0 Å². The molecule has 0 nitrogen and oxygen atoms in total. The molecule has 0 aliphatic heterocycles. The van der Waals surface area contributed by atoms with Gasteiger partial charge in [0.1, 0.15) is 11.6 Å². The number of halogens is 4. The van der Waals surface area contributed by atoms with E-state index >= 15 is 0 Å². The van der Waals surface area contributed by atoms with E-state index in [-0.39, 0.29) is 48.3 Å². The number of rotatable bonds is 8. The summed E-state index contributed by atoms with van der Waals surface area (Å²) in [6, 6.07) is 60.8. The van der Waals surface area contributed by atoms with Crippen LogP contribution in [0.1, 0.15) is 81.3 Å². The Bertz CT molecular complexity index is 2740. The molecule has 2 aliphatic carbocycles. The number of fused-ring (bicyclic) bond motifs is 2. The van der Waals surface area contributed by atoms with Gasteiger partial charge in [-0.1, -0.05) is 123 Å². The van der Waals surface area contributed by atoms with Crippen molar-refractivity contribution >= 4 is 15.4 Å². The van der Waals surface area contributed by atoms with Crippen LogP contribution in [0.5, 0.6) is 0 Å². The van der Waals surface area contributed by atoms with E-state index < -0.39 is 0 Å². The van der Waals surface area contributed by atoms with E-state index in [4.69, 9.17) is 0 Å². The Morgan fingerprint density at radius 2 is 0.833 bits per heavy atom. The molecule has 0 heterocycles. The molecule has 8 aromatic rings. The fourth-order valence-corrected chi connectivity index (χ4v) is 9.64. The molecule has 0 fully saturated rings. The Balaban J connectivity index is 0.000000168. The van der Waals surface area contributed by atoms with Crippen LogP contribution in [0, 0.1) is 11.6 Å². The van der Waals surface area contributed by atoms with Gasteiger partial charge in [0.15, 0.2) is 0 Å². The van der Waals surface area contributed by atoms with E-state index in [0.717, 1.165) is 59.0 Å². The Morgan fingerprint density at radius 1 is 0.470 bits per heavy atom. The van der Waals surface area contributed by atoms with Gasteiger partial charge in [-0.15, -0.1) is 47.6 Å². The molecule has 0 bridgehead atoms.